The zero-order valence-electron chi connectivity index (χ0n) is 7.16. The third-order valence-corrected chi connectivity index (χ3v) is 2.95. The van der Waals surface area contributed by atoms with E-state index in [2.05, 4.69) is 22.6 Å². The lowest BCUT2D eigenvalue weighted by Crippen LogP contribution is -2.41. The minimum absolute atomic E-state index is 0.169. The molecule has 0 unspecified atom stereocenters. The predicted molar refractivity (Wildman–Crippen MR) is 59.7 cm³/mol. The van der Waals surface area contributed by atoms with Crippen LogP contribution in [0, 0.1) is 3.57 Å². The first kappa shape index (κ1) is 8.99. The summed E-state index contributed by atoms with van der Waals surface area (Å²) >= 11 is 2.24. The van der Waals surface area contributed by atoms with Gasteiger partial charge in [0.2, 0.25) is 0 Å². The lowest BCUT2D eigenvalue weighted by Gasteiger charge is -2.30. The minimum Gasteiger partial charge on any atom is -0.339 e. The summed E-state index contributed by atoms with van der Waals surface area (Å²) in [6.07, 6.45) is 1.15. The number of hydrogen-bond donors (Lipinski definition) is 0. The third kappa shape index (κ3) is 1.85. The molecule has 0 saturated carbocycles. The van der Waals surface area contributed by atoms with Crippen LogP contribution in [0.4, 0.5) is 0 Å². The van der Waals surface area contributed by atoms with Gasteiger partial charge in [0, 0.05) is 22.2 Å². The Morgan fingerprint density at radius 3 is 2.31 bits per heavy atom. The van der Waals surface area contributed by atoms with E-state index >= 15 is 0 Å². The van der Waals surface area contributed by atoms with Gasteiger partial charge in [0.25, 0.3) is 5.91 Å². The number of rotatable bonds is 1. The summed E-state index contributed by atoms with van der Waals surface area (Å²) in [6.45, 7) is 1.84. The van der Waals surface area contributed by atoms with E-state index in [1.54, 1.807) is 0 Å². The fraction of sp³-hybridized carbons (Fsp3) is 0.300. The van der Waals surface area contributed by atoms with Crippen LogP contribution in [-0.2, 0) is 0 Å². The molecule has 1 aromatic rings. The largest absolute Gasteiger partial charge is 0.339 e. The van der Waals surface area contributed by atoms with E-state index in [9.17, 15) is 4.79 Å². The Kier molecular flexibility index (Phi) is 2.53. The molecule has 3 heteroatoms. The first-order chi connectivity index (χ1) is 6.27. The number of benzene rings is 1. The summed E-state index contributed by atoms with van der Waals surface area (Å²) < 4.78 is 1.16. The second-order valence-electron chi connectivity index (χ2n) is 3.15. The molecule has 0 N–H and O–H groups in total. The molecule has 68 valence electrons. The zero-order chi connectivity index (χ0) is 9.26. The molecule has 0 atom stereocenters. The number of carbonyl (C=O) groups excluding carboxylic acids is 1. The van der Waals surface area contributed by atoms with E-state index in [1.165, 1.54) is 0 Å². The molecule has 13 heavy (non-hydrogen) atoms. The van der Waals surface area contributed by atoms with E-state index in [1.807, 2.05) is 29.2 Å². The van der Waals surface area contributed by atoms with Gasteiger partial charge in [0.15, 0.2) is 0 Å². The average molecular weight is 287 g/mol. The van der Waals surface area contributed by atoms with Gasteiger partial charge in [-0.1, -0.05) is 0 Å². The smallest absolute Gasteiger partial charge is 0.253 e. The van der Waals surface area contributed by atoms with Gasteiger partial charge in [-0.3, -0.25) is 4.79 Å². The van der Waals surface area contributed by atoms with Gasteiger partial charge >= 0.3 is 0 Å². The lowest BCUT2D eigenvalue weighted by atomic mass is 10.1. The van der Waals surface area contributed by atoms with Crippen LogP contribution in [0.3, 0.4) is 0 Å². The fourth-order valence-corrected chi connectivity index (χ4v) is 1.65. The molecule has 1 aromatic carbocycles. The maximum Gasteiger partial charge on any atom is 0.253 e. The summed E-state index contributed by atoms with van der Waals surface area (Å²) in [5.41, 5.74) is 0.806. The average Bonchev–Trinajstić information content (AvgIpc) is 2.02. The summed E-state index contributed by atoms with van der Waals surface area (Å²) in [7, 11) is 0. The van der Waals surface area contributed by atoms with E-state index in [-0.39, 0.29) is 5.91 Å². The van der Waals surface area contributed by atoms with E-state index in [4.69, 9.17) is 0 Å². The van der Waals surface area contributed by atoms with E-state index < -0.39 is 0 Å². The number of likely N-dealkylation sites (tertiary alicyclic amines) is 1. The van der Waals surface area contributed by atoms with Crippen molar-refractivity contribution >= 4 is 28.5 Å². The van der Waals surface area contributed by atoms with E-state index in [0.29, 0.717) is 0 Å². The Bertz CT molecular complexity index is 316. The van der Waals surface area contributed by atoms with E-state index in [0.717, 1.165) is 28.6 Å². The highest BCUT2D eigenvalue weighted by Gasteiger charge is 2.20. The highest BCUT2D eigenvalue weighted by molar-refractivity contribution is 14.1. The standard InChI is InChI=1S/C10H10INO/c11-9-4-2-8(3-5-9)10(13)12-6-1-7-12/h2-5H,1,6-7H2. The molecule has 1 aliphatic heterocycles. The number of carbonyl (C=O) groups is 1. The Morgan fingerprint density at radius 2 is 1.85 bits per heavy atom. The highest BCUT2D eigenvalue weighted by Crippen LogP contribution is 2.13. The topological polar surface area (TPSA) is 20.3 Å². The molecule has 2 nitrogen and oxygen atoms in total. The number of nitrogens with zero attached hydrogens (tertiary/aromatic N) is 1. The van der Waals surface area contributed by atoms with Gasteiger partial charge < -0.3 is 4.90 Å². The quantitative estimate of drug-likeness (QED) is 0.725. The van der Waals surface area contributed by atoms with Gasteiger partial charge in [0.05, 0.1) is 0 Å². The van der Waals surface area contributed by atoms with Crippen molar-refractivity contribution in [3.8, 4) is 0 Å². The van der Waals surface area contributed by atoms with Crippen LogP contribution in [0.2, 0.25) is 0 Å². The zero-order valence-corrected chi connectivity index (χ0v) is 9.32. The number of hydrogen-bond acceptors (Lipinski definition) is 1. The van der Waals surface area contributed by atoms with Gasteiger partial charge in [0.1, 0.15) is 0 Å². The maximum atomic E-state index is 11.7. The molecular weight excluding hydrogens is 277 g/mol. The van der Waals surface area contributed by atoms with Crippen LogP contribution in [0.15, 0.2) is 24.3 Å². The van der Waals surface area contributed by atoms with Crippen molar-refractivity contribution in [2.45, 2.75) is 6.42 Å². The number of amides is 1. The van der Waals surface area contributed by atoms with Crippen molar-refractivity contribution in [3.05, 3.63) is 33.4 Å². The van der Waals surface area contributed by atoms with Crippen molar-refractivity contribution < 1.29 is 4.79 Å². The normalized spacial score (nSPS) is 15.3. The van der Waals surface area contributed by atoms with Crippen molar-refractivity contribution in [3.63, 3.8) is 0 Å². The summed E-state index contributed by atoms with van der Waals surface area (Å²) in [5.74, 6) is 0.169. The second kappa shape index (κ2) is 3.65. The molecule has 1 fully saturated rings. The molecule has 0 radical (unpaired) electrons. The Morgan fingerprint density at radius 1 is 1.23 bits per heavy atom. The highest BCUT2D eigenvalue weighted by atomic mass is 127. The van der Waals surface area contributed by atoms with Crippen LogP contribution in [0.25, 0.3) is 0 Å². The van der Waals surface area contributed by atoms with Crippen LogP contribution < -0.4 is 0 Å². The van der Waals surface area contributed by atoms with Crippen LogP contribution in [0.5, 0.6) is 0 Å². The van der Waals surface area contributed by atoms with Gasteiger partial charge in [-0.05, 0) is 53.3 Å². The second-order valence-corrected chi connectivity index (χ2v) is 4.40. The van der Waals surface area contributed by atoms with Crippen molar-refractivity contribution in [2.75, 3.05) is 13.1 Å². The van der Waals surface area contributed by atoms with Crippen LogP contribution in [0.1, 0.15) is 16.8 Å². The fourth-order valence-electron chi connectivity index (χ4n) is 1.29. The van der Waals surface area contributed by atoms with Gasteiger partial charge in [-0.25, -0.2) is 0 Å². The van der Waals surface area contributed by atoms with Crippen LogP contribution >= 0.6 is 22.6 Å². The molecule has 1 saturated heterocycles. The summed E-state index contributed by atoms with van der Waals surface area (Å²) in [5, 5.41) is 0. The van der Waals surface area contributed by atoms with Gasteiger partial charge in [-0.2, -0.15) is 0 Å². The van der Waals surface area contributed by atoms with Crippen molar-refractivity contribution in [1.82, 2.24) is 4.90 Å². The summed E-state index contributed by atoms with van der Waals surface area (Å²) in [4.78, 5) is 13.5. The minimum atomic E-state index is 0.169. The molecule has 0 aliphatic carbocycles. The van der Waals surface area contributed by atoms with Crippen molar-refractivity contribution in [1.29, 1.82) is 0 Å². The molecule has 1 aliphatic rings. The monoisotopic (exact) mass is 287 g/mol. The molecule has 0 aromatic heterocycles. The molecule has 2 rings (SSSR count). The summed E-state index contributed by atoms with van der Waals surface area (Å²) in [6, 6.07) is 7.71. The molecule has 1 amide bonds. The predicted octanol–water partition coefficient (Wildman–Crippen LogP) is 2.14. The van der Waals surface area contributed by atoms with Crippen LogP contribution in [-0.4, -0.2) is 23.9 Å². The lowest BCUT2D eigenvalue weighted by molar-refractivity contribution is 0.0652. The molecular formula is C10H10INO. The maximum absolute atomic E-state index is 11.7. The SMILES string of the molecule is O=C(c1ccc(I)cc1)N1CCC1. The number of halogens is 1. The first-order valence-corrected chi connectivity index (χ1v) is 5.40. The van der Waals surface area contributed by atoms with Crippen molar-refractivity contribution in [2.24, 2.45) is 0 Å². The molecule has 1 heterocycles. The molecule has 0 spiro atoms. The Hall–Kier alpha value is -0.580. The molecule has 0 bridgehead atoms. The van der Waals surface area contributed by atoms with Gasteiger partial charge in [-0.15, -0.1) is 0 Å². The first-order valence-electron chi connectivity index (χ1n) is 4.32. The Balaban J connectivity index is 2.15. The third-order valence-electron chi connectivity index (χ3n) is 2.23. The Labute approximate surface area is 91.1 Å².